The molecule has 1 aromatic carbocycles. The molecular formula is C13H17NO2S3. The van der Waals surface area contributed by atoms with Gasteiger partial charge < -0.3 is 0 Å². The van der Waals surface area contributed by atoms with Gasteiger partial charge >= 0.3 is 0 Å². The highest BCUT2D eigenvalue weighted by Crippen LogP contribution is 2.34. The SMILES string of the molecule is CC(CSC1=Nc2ccccc2CS1)CS(C)(=O)=O. The van der Waals surface area contributed by atoms with Gasteiger partial charge in [0, 0.05) is 17.8 Å². The number of para-hydroxylation sites is 1. The smallest absolute Gasteiger partial charge is 0.147 e. The standard InChI is InChI=1S/C13H17NO2S3/c1-10(9-19(2,15)16)7-17-13-14-12-6-4-3-5-11(12)8-18-13/h3-6,10H,7-9H2,1-2H3. The van der Waals surface area contributed by atoms with Gasteiger partial charge in [0.15, 0.2) is 0 Å². The highest BCUT2D eigenvalue weighted by atomic mass is 32.2. The lowest BCUT2D eigenvalue weighted by Crippen LogP contribution is -2.14. The summed E-state index contributed by atoms with van der Waals surface area (Å²) < 4.78 is 23.5. The highest BCUT2D eigenvalue weighted by molar-refractivity contribution is 8.38. The summed E-state index contributed by atoms with van der Waals surface area (Å²) in [6, 6.07) is 8.14. The lowest BCUT2D eigenvalue weighted by molar-refractivity contribution is 0.589. The van der Waals surface area contributed by atoms with E-state index < -0.39 is 9.84 Å². The maximum Gasteiger partial charge on any atom is 0.147 e. The van der Waals surface area contributed by atoms with Crippen LogP contribution >= 0.6 is 23.5 Å². The molecule has 0 N–H and O–H groups in total. The molecule has 1 heterocycles. The third kappa shape index (κ3) is 4.85. The minimum Gasteiger partial charge on any atom is -0.235 e. The molecule has 0 bridgehead atoms. The van der Waals surface area contributed by atoms with Crippen LogP contribution in [0.5, 0.6) is 0 Å². The summed E-state index contributed by atoms with van der Waals surface area (Å²) in [5.74, 6) is 2.14. The summed E-state index contributed by atoms with van der Waals surface area (Å²) in [7, 11) is -2.88. The van der Waals surface area contributed by atoms with Crippen molar-refractivity contribution in [3.63, 3.8) is 0 Å². The molecule has 0 saturated heterocycles. The van der Waals surface area contributed by atoms with Gasteiger partial charge in [-0.2, -0.15) is 0 Å². The lowest BCUT2D eigenvalue weighted by Gasteiger charge is -2.15. The first kappa shape index (κ1) is 14.9. The van der Waals surface area contributed by atoms with Crippen LogP contribution in [-0.2, 0) is 15.6 Å². The molecule has 0 amide bonds. The van der Waals surface area contributed by atoms with Crippen LogP contribution in [0.25, 0.3) is 0 Å². The molecule has 1 atom stereocenters. The average Bonchev–Trinajstić information content (AvgIpc) is 2.34. The summed E-state index contributed by atoms with van der Waals surface area (Å²) in [6.45, 7) is 1.97. The summed E-state index contributed by atoms with van der Waals surface area (Å²) >= 11 is 3.39. The van der Waals surface area contributed by atoms with E-state index in [-0.39, 0.29) is 11.7 Å². The topological polar surface area (TPSA) is 46.5 Å². The van der Waals surface area contributed by atoms with Crippen molar-refractivity contribution in [1.29, 1.82) is 0 Å². The number of thioether (sulfide) groups is 2. The van der Waals surface area contributed by atoms with E-state index in [9.17, 15) is 8.42 Å². The van der Waals surface area contributed by atoms with Crippen LogP contribution in [0.15, 0.2) is 29.3 Å². The van der Waals surface area contributed by atoms with Gasteiger partial charge in [-0.15, -0.1) is 0 Å². The van der Waals surface area contributed by atoms with Crippen molar-refractivity contribution in [3.8, 4) is 0 Å². The van der Waals surface area contributed by atoms with Gasteiger partial charge in [0.1, 0.15) is 14.2 Å². The van der Waals surface area contributed by atoms with Crippen LogP contribution in [0.2, 0.25) is 0 Å². The van der Waals surface area contributed by atoms with Gasteiger partial charge in [0.2, 0.25) is 0 Å². The Balaban J connectivity index is 1.93. The molecule has 6 heteroatoms. The molecule has 0 aliphatic carbocycles. The molecule has 1 unspecified atom stereocenters. The van der Waals surface area contributed by atoms with Crippen LogP contribution in [0, 0.1) is 5.92 Å². The Bertz CT molecular complexity index is 581. The molecule has 104 valence electrons. The molecular weight excluding hydrogens is 298 g/mol. The van der Waals surface area contributed by atoms with E-state index >= 15 is 0 Å². The van der Waals surface area contributed by atoms with Gasteiger partial charge in [0.25, 0.3) is 0 Å². The van der Waals surface area contributed by atoms with E-state index in [1.54, 1.807) is 23.5 Å². The Morgan fingerprint density at radius 1 is 1.42 bits per heavy atom. The van der Waals surface area contributed by atoms with Crippen molar-refractivity contribution in [3.05, 3.63) is 29.8 Å². The molecule has 3 nitrogen and oxygen atoms in total. The quantitative estimate of drug-likeness (QED) is 0.855. The zero-order valence-electron chi connectivity index (χ0n) is 11.0. The monoisotopic (exact) mass is 315 g/mol. The largest absolute Gasteiger partial charge is 0.235 e. The number of aliphatic imine (C=N–C) groups is 1. The van der Waals surface area contributed by atoms with E-state index in [0.717, 1.165) is 21.6 Å². The number of benzene rings is 1. The lowest BCUT2D eigenvalue weighted by atomic mass is 10.2. The molecule has 0 aromatic heterocycles. The second kappa shape index (κ2) is 6.33. The van der Waals surface area contributed by atoms with Crippen molar-refractivity contribution in [2.24, 2.45) is 10.9 Å². The second-order valence-corrected chi connectivity index (χ2v) is 9.22. The Morgan fingerprint density at radius 3 is 2.89 bits per heavy atom. The van der Waals surface area contributed by atoms with Crippen LogP contribution < -0.4 is 0 Å². The Kier molecular flexibility index (Phi) is 4.97. The number of fused-ring (bicyclic) bond motifs is 1. The first-order valence-electron chi connectivity index (χ1n) is 6.04. The average molecular weight is 315 g/mol. The summed E-state index contributed by atoms with van der Waals surface area (Å²) in [4.78, 5) is 4.61. The van der Waals surface area contributed by atoms with Crippen molar-refractivity contribution in [1.82, 2.24) is 0 Å². The highest BCUT2D eigenvalue weighted by Gasteiger charge is 2.15. The maximum atomic E-state index is 11.2. The third-order valence-corrected chi connectivity index (χ3v) is 6.38. The van der Waals surface area contributed by atoms with Gasteiger partial charge in [-0.25, -0.2) is 13.4 Å². The molecule has 0 radical (unpaired) electrons. The number of nitrogens with zero attached hydrogens (tertiary/aromatic N) is 1. The van der Waals surface area contributed by atoms with Crippen molar-refractivity contribution in [2.45, 2.75) is 12.7 Å². The number of rotatable bonds is 4. The Hall–Kier alpha value is -0.460. The fourth-order valence-electron chi connectivity index (χ4n) is 1.86. The van der Waals surface area contributed by atoms with Crippen LogP contribution in [0.4, 0.5) is 5.69 Å². The summed E-state index contributed by atoms with van der Waals surface area (Å²) in [5.41, 5.74) is 2.31. The molecule has 0 saturated carbocycles. The first-order chi connectivity index (χ1) is 8.94. The number of sulfone groups is 1. The molecule has 0 fully saturated rings. The number of hydrogen-bond donors (Lipinski definition) is 0. The third-order valence-electron chi connectivity index (χ3n) is 2.63. The van der Waals surface area contributed by atoms with E-state index in [0.29, 0.717) is 0 Å². The van der Waals surface area contributed by atoms with E-state index in [2.05, 4.69) is 11.1 Å². The molecule has 1 aliphatic heterocycles. The van der Waals surface area contributed by atoms with E-state index in [4.69, 9.17) is 0 Å². The second-order valence-electron chi connectivity index (χ2n) is 4.80. The summed E-state index contributed by atoms with van der Waals surface area (Å²) in [6.07, 6.45) is 1.29. The Morgan fingerprint density at radius 2 is 2.16 bits per heavy atom. The fraction of sp³-hybridized carbons (Fsp3) is 0.462. The van der Waals surface area contributed by atoms with E-state index in [1.165, 1.54) is 11.8 Å². The zero-order valence-corrected chi connectivity index (χ0v) is 13.4. The van der Waals surface area contributed by atoms with Gasteiger partial charge in [-0.05, 0) is 17.5 Å². The van der Waals surface area contributed by atoms with E-state index in [1.807, 2.05) is 25.1 Å². The molecule has 0 spiro atoms. The predicted octanol–water partition coefficient (Wildman–Crippen LogP) is 3.33. The van der Waals surface area contributed by atoms with Crippen LogP contribution in [0.3, 0.4) is 0 Å². The molecule has 2 rings (SSSR count). The maximum absolute atomic E-state index is 11.2. The molecule has 1 aliphatic rings. The van der Waals surface area contributed by atoms with Crippen LogP contribution in [0.1, 0.15) is 12.5 Å². The van der Waals surface area contributed by atoms with Gasteiger partial charge in [0.05, 0.1) is 11.4 Å². The predicted molar refractivity (Wildman–Crippen MR) is 86.2 cm³/mol. The number of hydrogen-bond acceptors (Lipinski definition) is 5. The minimum absolute atomic E-state index is 0.153. The van der Waals surface area contributed by atoms with Gasteiger partial charge in [-0.3, -0.25) is 0 Å². The normalized spacial score (nSPS) is 16.6. The van der Waals surface area contributed by atoms with Gasteiger partial charge in [-0.1, -0.05) is 48.6 Å². The zero-order chi connectivity index (χ0) is 13.9. The van der Waals surface area contributed by atoms with Crippen molar-refractivity contribution >= 4 is 43.4 Å². The summed E-state index contributed by atoms with van der Waals surface area (Å²) in [5, 5.41) is 0. The fourth-order valence-corrected chi connectivity index (χ4v) is 5.27. The van der Waals surface area contributed by atoms with Crippen molar-refractivity contribution in [2.75, 3.05) is 17.8 Å². The van der Waals surface area contributed by atoms with Crippen molar-refractivity contribution < 1.29 is 8.42 Å². The minimum atomic E-state index is -2.88. The van der Waals surface area contributed by atoms with Crippen LogP contribution in [-0.4, -0.2) is 30.6 Å². The Labute approximate surface area is 123 Å². The molecule has 19 heavy (non-hydrogen) atoms. The first-order valence-corrected chi connectivity index (χ1v) is 10.1. The molecule has 1 aromatic rings.